The topological polar surface area (TPSA) is 78.7 Å². The number of unbranched alkanes of at least 4 members (excludes halogenated alkanes) is 31. The van der Waals surface area contributed by atoms with Crippen LogP contribution in [-0.2, 0) is 9.59 Å². The van der Waals surface area contributed by atoms with E-state index in [-0.39, 0.29) is 11.8 Å². The van der Waals surface area contributed by atoms with E-state index in [1.807, 2.05) is 0 Å². The summed E-state index contributed by atoms with van der Waals surface area (Å²) in [7, 11) is 0. The van der Waals surface area contributed by atoms with E-state index in [0.29, 0.717) is 26.1 Å². The molecule has 0 aliphatic carbocycles. The number of imide groups is 1. The van der Waals surface area contributed by atoms with E-state index >= 15 is 0 Å². The van der Waals surface area contributed by atoms with Gasteiger partial charge in [-0.2, -0.15) is 0 Å². The van der Waals surface area contributed by atoms with Crippen LogP contribution in [0.1, 0.15) is 252 Å². The molecule has 0 radical (unpaired) electrons. The third-order valence-electron chi connectivity index (χ3n) is 10.9. The predicted octanol–water partition coefficient (Wildman–Crippen LogP) is 13.2. The summed E-state index contributed by atoms with van der Waals surface area (Å²) in [6.07, 6.45) is 46.7. The van der Waals surface area contributed by atoms with Crippen molar-refractivity contribution in [2.24, 2.45) is 5.73 Å². The van der Waals surface area contributed by atoms with Crippen LogP contribution in [0.2, 0.25) is 0 Å². The number of carbonyl (C=O) groups excluding carboxylic acids is 2. The normalized spacial score (nSPS) is 11.6. The molecule has 0 aromatic heterocycles. The van der Waals surface area contributed by atoms with Gasteiger partial charge in [0.25, 0.3) is 5.91 Å². The molecule has 0 spiro atoms. The van der Waals surface area contributed by atoms with Crippen molar-refractivity contribution in [1.29, 1.82) is 0 Å². The molecule has 0 saturated carbocycles. The molecule has 3 N–H and O–H groups in total. The second-order valence-electron chi connectivity index (χ2n) is 16.2. The van der Waals surface area contributed by atoms with Crippen molar-refractivity contribution in [1.82, 2.24) is 15.3 Å². The summed E-state index contributed by atoms with van der Waals surface area (Å²) < 4.78 is 0. The van der Waals surface area contributed by atoms with Gasteiger partial charge in [0.15, 0.2) is 0 Å². The van der Waals surface area contributed by atoms with Gasteiger partial charge in [-0.25, -0.2) is 10.4 Å². The van der Waals surface area contributed by atoms with E-state index in [9.17, 15) is 9.59 Å². The zero-order chi connectivity index (χ0) is 38.0. The van der Waals surface area contributed by atoms with Gasteiger partial charge in [0.1, 0.15) is 0 Å². The molecule has 0 aromatic carbocycles. The zero-order valence-electron chi connectivity index (χ0n) is 35.8. The maximum Gasteiger partial charge on any atom is 0.257 e. The van der Waals surface area contributed by atoms with Crippen molar-refractivity contribution in [2.45, 2.75) is 252 Å². The van der Waals surface area contributed by atoms with Gasteiger partial charge < -0.3 is 5.73 Å². The fraction of sp³-hybridized carbons (Fsp3) is 0.957. The molecular formula is C46H94N4O2. The minimum absolute atomic E-state index is 0.103. The van der Waals surface area contributed by atoms with E-state index in [1.165, 1.54) is 198 Å². The molecule has 6 heteroatoms. The number of amides is 2. The monoisotopic (exact) mass is 735 g/mol. The summed E-state index contributed by atoms with van der Waals surface area (Å²) in [6.45, 7) is 9.98. The van der Waals surface area contributed by atoms with Crippen molar-refractivity contribution in [3.05, 3.63) is 0 Å². The Labute approximate surface area is 326 Å². The lowest BCUT2D eigenvalue weighted by atomic mass is 10.0. The Balaban J connectivity index is 4.39. The molecule has 2 amide bonds. The van der Waals surface area contributed by atoms with Gasteiger partial charge in [0.2, 0.25) is 5.91 Å². The van der Waals surface area contributed by atoms with Crippen molar-refractivity contribution >= 4 is 11.8 Å². The SMILES string of the molecule is CCCCCCCCCCCCCCCCCCN(CCCCCCCCCCCCCCCCCC)CC(=O)N(NCCCN)C(=O)CCCC. The fourth-order valence-electron chi connectivity index (χ4n) is 7.35. The van der Waals surface area contributed by atoms with Crippen LogP contribution in [-0.4, -0.2) is 54.4 Å². The maximum absolute atomic E-state index is 13.5. The zero-order valence-corrected chi connectivity index (χ0v) is 35.8. The van der Waals surface area contributed by atoms with Gasteiger partial charge >= 0.3 is 0 Å². The standard InChI is InChI=1S/C46H94N4O2/c1-4-7-10-12-14-16-18-20-22-24-26-28-30-32-34-36-42-49(44-46(52)50(48-41-38-40-47)45(51)39-9-6-3)43-37-35-33-31-29-27-25-23-21-19-17-15-13-11-8-5-2/h48H,4-44,47H2,1-3H3. The first kappa shape index (κ1) is 51.0. The number of nitrogens with zero attached hydrogens (tertiary/aromatic N) is 2. The number of nitrogens with one attached hydrogen (secondary N) is 1. The number of nitrogens with two attached hydrogens (primary N) is 1. The van der Waals surface area contributed by atoms with E-state index in [4.69, 9.17) is 5.73 Å². The molecule has 6 nitrogen and oxygen atoms in total. The number of hydrogen-bond donors (Lipinski definition) is 2. The van der Waals surface area contributed by atoms with Crippen LogP contribution < -0.4 is 11.2 Å². The van der Waals surface area contributed by atoms with Crippen molar-refractivity contribution < 1.29 is 9.59 Å². The molecule has 0 heterocycles. The summed E-state index contributed by atoms with van der Waals surface area (Å²) in [5.74, 6) is -0.209. The summed E-state index contributed by atoms with van der Waals surface area (Å²) in [4.78, 5) is 28.7. The summed E-state index contributed by atoms with van der Waals surface area (Å²) >= 11 is 0. The van der Waals surface area contributed by atoms with Gasteiger partial charge in [-0.1, -0.05) is 220 Å². The van der Waals surface area contributed by atoms with Crippen molar-refractivity contribution in [2.75, 3.05) is 32.7 Å². The van der Waals surface area contributed by atoms with Crippen LogP contribution in [0.4, 0.5) is 0 Å². The number of rotatable bonds is 43. The third kappa shape index (κ3) is 36.0. The van der Waals surface area contributed by atoms with Gasteiger partial charge in [-0.15, -0.1) is 0 Å². The molecule has 0 saturated heterocycles. The van der Waals surface area contributed by atoms with Crippen molar-refractivity contribution in [3.8, 4) is 0 Å². The first-order valence-corrected chi connectivity index (χ1v) is 23.6. The molecule has 0 aromatic rings. The lowest BCUT2D eigenvalue weighted by Gasteiger charge is -2.27. The average Bonchev–Trinajstić information content (AvgIpc) is 3.14. The minimum atomic E-state index is -0.105. The Kier molecular flexibility index (Phi) is 42.0. The van der Waals surface area contributed by atoms with E-state index in [0.717, 1.165) is 45.2 Å². The van der Waals surface area contributed by atoms with E-state index < -0.39 is 0 Å². The highest BCUT2D eigenvalue weighted by molar-refractivity contribution is 5.95. The maximum atomic E-state index is 13.5. The van der Waals surface area contributed by atoms with Crippen LogP contribution >= 0.6 is 0 Å². The molecule has 0 atom stereocenters. The lowest BCUT2D eigenvalue weighted by molar-refractivity contribution is -0.149. The van der Waals surface area contributed by atoms with Crippen LogP contribution in [0.5, 0.6) is 0 Å². The first-order valence-electron chi connectivity index (χ1n) is 23.6. The molecule has 0 aliphatic rings. The minimum Gasteiger partial charge on any atom is -0.330 e. The summed E-state index contributed by atoms with van der Waals surface area (Å²) in [5, 5.41) is 1.32. The number of carbonyl (C=O) groups is 2. The summed E-state index contributed by atoms with van der Waals surface area (Å²) in [5.41, 5.74) is 8.80. The largest absolute Gasteiger partial charge is 0.330 e. The third-order valence-corrected chi connectivity index (χ3v) is 10.9. The molecule has 0 rings (SSSR count). The van der Waals surface area contributed by atoms with E-state index in [2.05, 4.69) is 31.1 Å². The Bertz CT molecular complexity index is 697. The molecule has 52 heavy (non-hydrogen) atoms. The quantitative estimate of drug-likeness (QED) is 0.0482. The highest BCUT2D eigenvalue weighted by atomic mass is 16.2. The Morgan fingerprint density at radius 2 is 0.712 bits per heavy atom. The van der Waals surface area contributed by atoms with E-state index in [1.54, 1.807) is 0 Å². The highest BCUT2D eigenvalue weighted by Crippen LogP contribution is 2.16. The Morgan fingerprint density at radius 3 is 1.02 bits per heavy atom. The average molecular weight is 735 g/mol. The Hall–Kier alpha value is -0.980. The fourth-order valence-corrected chi connectivity index (χ4v) is 7.35. The van der Waals surface area contributed by atoms with Crippen LogP contribution in [0.25, 0.3) is 0 Å². The molecule has 0 fully saturated rings. The molecule has 0 aliphatic heterocycles. The van der Waals surface area contributed by atoms with Gasteiger partial charge in [-0.3, -0.25) is 14.5 Å². The second-order valence-corrected chi connectivity index (χ2v) is 16.2. The van der Waals surface area contributed by atoms with Gasteiger partial charge in [0.05, 0.1) is 6.54 Å². The predicted molar refractivity (Wildman–Crippen MR) is 229 cm³/mol. The smallest absolute Gasteiger partial charge is 0.257 e. The first-order chi connectivity index (χ1) is 25.6. The molecule has 310 valence electrons. The second kappa shape index (κ2) is 42.8. The molecule has 0 unspecified atom stereocenters. The van der Waals surface area contributed by atoms with Crippen LogP contribution in [0, 0.1) is 0 Å². The van der Waals surface area contributed by atoms with Gasteiger partial charge in [0, 0.05) is 13.0 Å². The van der Waals surface area contributed by atoms with Crippen LogP contribution in [0.3, 0.4) is 0 Å². The lowest BCUT2D eigenvalue weighted by Crippen LogP contribution is -2.51. The highest BCUT2D eigenvalue weighted by Gasteiger charge is 2.23. The number of hydrogen-bond acceptors (Lipinski definition) is 5. The molecule has 0 bridgehead atoms. The van der Waals surface area contributed by atoms with Gasteiger partial charge in [-0.05, 0) is 45.3 Å². The number of hydrazine groups is 1. The Morgan fingerprint density at radius 1 is 0.404 bits per heavy atom. The molecular weight excluding hydrogens is 641 g/mol. The summed E-state index contributed by atoms with van der Waals surface area (Å²) in [6, 6.07) is 0. The van der Waals surface area contributed by atoms with Crippen molar-refractivity contribution in [3.63, 3.8) is 0 Å². The van der Waals surface area contributed by atoms with Crippen LogP contribution in [0.15, 0.2) is 0 Å².